The lowest BCUT2D eigenvalue weighted by Crippen LogP contribution is -2.52. The van der Waals surface area contributed by atoms with E-state index in [0.717, 1.165) is 16.8 Å². The molecule has 0 spiro atoms. The fourth-order valence-electron chi connectivity index (χ4n) is 5.41. The molecule has 9 nitrogen and oxygen atoms in total. The largest absolute Gasteiger partial charge is 0.419 e. The van der Waals surface area contributed by atoms with Crippen LogP contribution in [0.1, 0.15) is 29.4 Å². The minimum atomic E-state index is -4.93. The number of alkyl halides is 3. The van der Waals surface area contributed by atoms with Crippen LogP contribution in [0.15, 0.2) is 36.7 Å². The zero-order chi connectivity index (χ0) is 31.0. The lowest BCUT2D eigenvalue weighted by Gasteiger charge is -2.41. The Morgan fingerprint density at radius 3 is 2.49 bits per heavy atom. The molecular weight excluding hydrogens is 648 g/mol. The van der Waals surface area contributed by atoms with Gasteiger partial charge in [-0.2, -0.15) is 23.4 Å². The van der Waals surface area contributed by atoms with Crippen molar-refractivity contribution in [1.29, 1.82) is 0 Å². The van der Waals surface area contributed by atoms with Gasteiger partial charge in [0.1, 0.15) is 42.4 Å². The number of benzene rings is 2. The van der Waals surface area contributed by atoms with Crippen LogP contribution in [0.2, 0.25) is 15.1 Å². The minimum absolute atomic E-state index is 0.0264. The molecule has 0 bridgehead atoms. The Bertz CT molecular complexity index is 1720. The molecule has 17 heteroatoms. The maximum Gasteiger partial charge on any atom is 0.419 e. The van der Waals surface area contributed by atoms with Crippen LogP contribution in [-0.4, -0.2) is 65.8 Å². The minimum Gasteiger partial charge on any atom is -0.388 e. The number of aliphatic hydroxyl groups is 2. The predicted molar refractivity (Wildman–Crippen MR) is 142 cm³/mol. The van der Waals surface area contributed by atoms with Crippen LogP contribution in [0, 0.1) is 18.6 Å². The van der Waals surface area contributed by atoms with Crippen molar-refractivity contribution in [1.82, 2.24) is 24.5 Å². The van der Waals surface area contributed by atoms with E-state index in [1.54, 1.807) is 0 Å². The number of ether oxygens (including phenoxy) is 2. The maximum absolute atomic E-state index is 14.7. The van der Waals surface area contributed by atoms with Crippen molar-refractivity contribution < 1.29 is 41.6 Å². The van der Waals surface area contributed by atoms with Gasteiger partial charge < -0.3 is 19.7 Å². The summed E-state index contributed by atoms with van der Waals surface area (Å²) in [6.07, 6.45) is -8.76. The maximum atomic E-state index is 14.7. The summed E-state index contributed by atoms with van der Waals surface area (Å²) in [5.74, 6) is -2.70. The number of rotatable bonds is 4. The summed E-state index contributed by atoms with van der Waals surface area (Å²) < 4.78 is 85.0. The zero-order valence-electron chi connectivity index (χ0n) is 21.6. The topological polar surface area (TPSA) is 107 Å². The smallest absolute Gasteiger partial charge is 0.388 e. The number of aryl methyl sites for hydroxylation is 1. The predicted octanol–water partition coefficient (Wildman–Crippen LogP) is 5.50. The second-order valence-corrected chi connectivity index (χ2v) is 11.3. The molecule has 2 aliphatic rings. The average molecular weight is 667 g/mol. The molecule has 4 heterocycles. The van der Waals surface area contributed by atoms with E-state index in [-0.39, 0.29) is 34.4 Å². The molecule has 2 aromatic carbocycles. The SMILES string of the molecule is Cc1nc(C2OC3C(O)CO[C@@H]3C(n3cc(-c4ccc(Cl)c(F)c4F)cn3)C2O)n(-c2cc(Cl)cc(Cl)c2C(F)(F)F)n1. The normalized spacial score (nSPS) is 25.7. The summed E-state index contributed by atoms with van der Waals surface area (Å²) in [4.78, 5) is 4.25. The Labute approximate surface area is 254 Å². The number of fused-ring (bicyclic) bond motifs is 1. The van der Waals surface area contributed by atoms with Crippen molar-refractivity contribution in [2.75, 3.05) is 6.61 Å². The second kappa shape index (κ2) is 10.9. The van der Waals surface area contributed by atoms with Crippen LogP contribution in [0.4, 0.5) is 22.0 Å². The first-order valence-corrected chi connectivity index (χ1v) is 13.7. The molecular formula is C26H19Cl3F5N5O4. The fraction of sp³-hybridized carbons (Fsp3) is 0.346. The van der Waals surface area contributed by atoms with Gasteiger partial charge in [0, 0.05) is 22.3 Å². The van der Waals surface area contributed by atoms with Gasteiger partial charge >= 0.3 is 6.18 Å². The molecule has 6 rings (SSSR count). The van der Waals surface area contributed by atoms with Crippen molar-refractivity contribution in [3.05, 3.63) is 80.6 Å². The summed E-state index contributed by atoms with van der Waals surface area (Å²) in [6, 6.07) is 3.22. The second-order valence-electron chi connectivity index (χ2n) is 10.0. The number of hydrogen-bond acceptors (Lipinski definition) is 7. The molecule has 2 fully saturated rings. The third kappa shape index (κ3) is 5.18. The number of halogens is 8. The molecule has 4 aromatic rings. The molecule has 6 atom stereocenters. The lowest BCUT2D eigenvalue weighted by molar-refractivity contribution is -0.196. The first-order chi connectivity index (χ1) is 20.3. The Morgan fingerprint density at radius 2 is 1.77 bits per heavy atom. The number of hydrogen-bond donors (Lipinski definition) is 2. The van der Waals surface area contributed by atoms with Crippen molar-refractivity contribution in [3.63, 3.8) is 0 Å². The monoisotopic (exact) mass is 665 g/mol. The van der Waals surface area contributed by atoms with Gasteiger partial charge in [-0.1, -0.05) is 34.8 Å². The van der Waals surface area contributed by atoms with Crippen molar-refractivity contribution in [2.45, 2.75) is 49.7 Å². The van der Waals surface area contributed by atoms with Gasteiger partial charge in [-0.15, -0.1) is 0 Å². The van der Waals surface area contributed by atoms with E-state index in [2.05, 4.69) is 15.2 Å². The number of nitrogens with zero attached hydrogens (tertiary/aromatic N) is 5. The molecule has 0 aliphatic carbocycles. The first kappa shape index (κ1) is 30.2. The summed E-state index contributed by atoms with van der Waals surface area (Å²) in [7, 11) is 0. The highest BCUT2D eigenvalue weighted by Crippen LogP contribution is 2.45. The van der Waals surface area contributed by atoms with Gasteiger partial charge in [0.2, 0.25) is 0 Å². The molecule has 43 heavy (non-hydrogen) atoms. The van der Waals surface area contributed by atoms with Crippen molar-refractivity contribution in [3.8, 4) is 16.8 Å². The highest BCUT2D eigenvalue weighted by Gasteiger charge is 2.55. The van der Waals surface area contributed by atoms with E-state index in [0.29, 0.717) is 0 Å². The standard InChI is InChI=1S/C26H19Cl3F5N5O4/c1-9-36-25(39(37-9)15-5-11(27)4-14(29)17(15)26(32,33)34)24-21(41)20(23-22(43-24)16(40)8-42-23)38-7-10(6-35-38)12-2-3-13(28)19(31)18(12)30/h2-7,16,20-24,40-41H,8H2,1H3/t16?,20?,21?,22?,23-,24?/m1/s1. The van der Waals surface area contributed by atoms with Gasteiger partial charge in [-0.05, 0) is 31.2 Å². The Balaban J connectivity index is 1.45. The van der Waals surface area contributed by atoms with E-state index in [9.17, 15) is 32.2 Å². The van der Waals surface area contributed by atoms with Crippen LogP contribution in [0.5, 0.6) is 0 Å². The third-order valence-corrected chi connectivity index (χ3v) is 8.06. The quantitative estimate of drug-likeness (QED) is 0.219. The van der Waals surface area contributed by atoms with Crippen molar-refractivity contribution in [2.24, 2.45) is 0 Å². The van der Waals surface area contributed by atoms with E-state index in [1.165, 1.54) is 36.1 Å². The van der Waals surface area contributed by atoms with E-state index < -0.39 is 75.7 Å². The Morgan fingerprint density at radius 1 is 1.02 bits per heavy atom. The summed E-state index contributed by atoms with van der Waals surface area (Å²) >= 11 is 17.7. The van der Waals surface area contributed by atoms with E-state index in [1.807, 2.05) is 0 Å². The number of aliphatic hydroxyl groups excluding tert-OH is 2. The van der Waals surface area contributed by atoms with E-state index in [4.69, 9.17) is 44.3 Å². The molecule has 228 valence electrons. The van der Waals surface area contributed by atoms with Crippen LogP contribution in [0.25, 0.3) is 16.8 Å². The summed E-state index contributed by atoms with van der Waals surface area (Å²) in [5.41, 5.74) is -1.86. The summed E-state index contributed by atoms with van der Waals surface area (Å²) in [6.45, 7) is 1.23. The highest BCUT2D eigenvalue weighted by atomic mass is 35.5. The van der Waals surface area contributed by atoms with Crippen LogP contribution < -0.4 is 0 Å². The van der Waals surface area contributed by atoms with Gasteiger partial charge in [0.05, 0.1) is 34.1 Å². The van der Waals surface area contributed by atoms with Crippen LogP contribution in [0.3, 0.4) is 0 Å². The molecule has 5 unspecified atom stereocenters. The van der Waals surface area contributed by atoms with E-state index >= 15 is 0 Å². The van der Waals surface area contributed by atoms with Gasteiger partial charge in [0.15, 0.2) is 17.5 Å². The van der Waals surface area contributed by atoms with Gasteiger partial charge in [0.25, 0.3) is 0 Å². The fourth-order valence-corrected chi connectivity index (χ4v) is 6.15. The molecule has 2 aromatic heterocycles. The van der Waals surface area contributed by atoms with Crippen molar-refractivity contribution >= 4 is 34.8 Å². The third-order valence-electron chi connectivity index (χ3n) is 7.25. The lowest BCUT2D eigenvalue weighted by atomic mass is 9.91. The number of aromatic nitrogens is 5. The first-order valence-electron chi connectivity index (χ1n) is 12.6. The van der Waals surface area contributed by atoms with Crippen LogP contribution in [-0.2, 0) is 15.7 Å². The van der Waals surface area contributed by atoms with Crippen LogP contribution >= 0.6 is 34.8 Å². The Hall–Kier alpha value is -2.85. The molecule has 0 radical (unpaired) electrons. The highest BCUT2D eigenvalue weighted by molar-refractivity contribution is 6.35. The zero-order valence-corrected chi connectivity index (χ0v) is 23.9. The molecule has 2 aliphatic heterocycles. The summed E-state index contributed by atoms with van der Waals surface area (Å²) in [5, 5.41) is 29.4. The molecule has 0 saturated carbocycles. The Kier molecular flexibility index (Phi) is 7.68. The van der Waals surface area contributed by atoms with Gasteiger partial charge in [-0.3, -0.25) is 4.68 Å². The average Bonchev–Trinajstić information content (AvgIpc) is 3.65. The molecule has 2 saturated heterocycles. The molecule has 2 N–H and O–H groups in total. The molecule has 0 amide bonds. The van der Waals surface area contributed by atoms with Gasteiger partial charge in [-0.25, -0.2) is 18.4 Å².